The van der Waals surface area contributed by atoms with Crippen LogP contribution in [0.3, 0.4) is 0 Å². The number of carbonyl (C=O) groups excluding carboxylic acids is 2. The molecule has 0 aliphatic carbocycles. The average molecular weight is 438 g/mol. The van der Waals surface area contributed by atoms with Gasteiger partial charge in [-0.25, -0.2) is 4.79 Å². The van der Waals surface area contributed by atoms with Crippen LogP contribution in [0.5, 0.6) is 5.75 Å². The molecule has 1 saturated heterocycles. The highest BCUT2D eigenvalue weighted by Gasteiger charge is 2.35. The summed E-state index contributed by atoms with van der Waals surface area (Å²) in [6.07, 6.45) is 1.59. The lowest BCUT2D eigenvalue weighted by atomic mass is 10.2. The lowest BCUT2D eigenvalue weighted by molar-refractivity contribution is -0.139. The van der Waals surface area contributed by atoms with Crippen LogP contribution < -0.4 is 4.74 Å². The summed E-state index contributed by atoms with van der Waals surface area (Å²) in [4.78, 5) is 36.8. The molecule has 1 N–H and O–H groups in total. The predicted octanol–water partition coefficient (Wildman–Crippen LogP) is 4.69. The third kappa shape index (κ3) is 4.86. The Labute approximate surface area is 174 Å². The lowest BCUT2D eigenvalue weighted by Crippen LogP contribution is -2.27. The second-order valence-electron chi connectivity index (χ2n) is 5.76. The molecular weight excluding hydrogens is 425 g/mol. The van der Waals surface area contributed by atoms with Crippen molar-refractivity contribution in [2.75, 3.05) is 6.61 Å². The molecule has 0 bridgehead atoms. The van der Waals surface area contributed by atoms with Crippen LogP contribution >= 0.6 is 35.0 Å². The summed E-state index contributed by atoms with van der Waals surface area (Å²) < 4.78 is 5.06. The Hall–Kier alpha value is -2.48. The molecular formula is C19H13Cl2NO5S. The standard InChI is InChI=1S/C19H13Cl2NO5S/c20-13-4-3-12(15(21)8-13)9-22-18(25)16(28-19(22)26)7-11-1-5-14(6-2-11)27-10-17(23)24/h1-8H,9-10H2,(H,23,24)/b16-7+. The molecule has 0 unspecified atom stereocenters. The number of hydrogen-bond donors (Lipinski definition) is 1. The van der Waals surface area contributed by atoms with Gasteiger partial charge in [0, 0.05) is 10.0 Å². The van der Waals surface area contributed by atoms with E-state index in [4.69, 9.17) is 33.0 Å². The molecule has 2 amide bonds. The maximum atomic E-state index is 12.6. The number of amides is 2. The van der Waals surface area contributed by atoms with Gasteiger partial charge in [0.2, 0.25) is 0 Å². The highest BCUT2D eigenvalue weighted by molar-refractivity contribution is 8.18. The highest BCUT2D eigenvalue weighted by atomic mass is 35.5. The molecule has 1 fully saturated rings. The third-order valence-electron chi connectivity index (χ3n) is 3.76. The average Bonchev–Trinajstić information content (AvgIpc) is 2.90. The van der Waals surface area contributed by atoms with Crippen molar-refractivity contribution in [3.63, 3.8) is 0 Å². The number of aliphatic carboxylic acids is 1. The van der Waals surface area contributed by atoms with E-state index in [1.54, 1.807) is 48.5 Å². The number of carboxylic acids is 1. The van der Waals surface area contributed by atoms with Crippen LogP contribution in [0.25, 0.3) is 6.08 Å². The molecule has 0 atom stereocenters. The van der Waals surface area contributed by atoms with Gasteiger partial charge in [0.05, 0.1) is 11.4 Å². The fraction of sp³-hybridized carbons (Fsp3) is 0.105. The number of hydrogen-bond acceptors (Lipinski definition) is 5. The third-order valence-corrected chi connectivity index (χ3v) is 5.25. The molecule has 9 heteroatoms. The van der Waals surface area contributed by atoms with E-state index in [1.807, 2.05) is 0 Å². The van der Waals surface area contributed by atoms with Gasteiger partial charge in [0.25, 0.3) is 11.1 Å². The van der Waals surface area contributed by atoms with Crippen LogP contribution in [-0.2, 0) is 16.1 Å². The molecule has 3 rings (SSSR count). The lowest BCUT2D eigenvalue weighted by Gasteiger charge is -2.13. The maximum absolute atomic E-state index is 12.6. The SMILES string of the molecule is O=C(O)COc1ccc(/C=C2/SC(=O)N(Cc3ccc(Cl)cc3Cl)C2=O)cc1. The molecule has 1 aliphatic heterocycles. The molecule has 28 heavy (non-hydrogen) atoms. The van der Waals surface area contributed by atoms with Crippen molar-refractivity contribution < 1.29 is 24.2 Å². The van der Waals surface area contributed by atoms with Gasteiger partial charge < -0.3 is 9.84 Å². The Morgan fingerprint density at radius 2 is 1.86 bits per heavy atom. The fourth-order valence-corrected chi connectivity index (χ4v) is 3.72. The number of benzene rings is 2. The zero-order valence-corrected chi connectivity index (χ0v) is 16.6. The van der Waals surface area contributed by atoms with Crippen LogP contribution in [0.15, 0.2) is 47.4 Å². The van der Waals surface area contributed by atoms with E-state index in [0.29, 0.717) is 26.9 Å². The van der Waals surface area contributed by atoms with Gasteiger partial charge in [0.1, 0.15) is 5.75 Å². The Morgan fingerprint density at radius 1 is 1.14 bits per heavy atom. The van der Waals surface area contributed by atoms with Crippen LogP contribution in [0, 0.1) is 0 Å². The highest BCUT2D eigenvalue weighted by Crippen LogP contribution is 2.34. The number of halogens is 2. The molecule has 144 valence electrons. The Bertz CT molecular complexity index is 975. The smallest absolute Gasteiger partial charge is 0.341 e. The quantitative estimate of drug-likeness (QED) is 0.659. The second-order valence-corrected chi connectivity index (χ2v) is 7.59. The normalized spacial score (nSPS) is 15.4. The van der Waals surface area contributed by atoms with Gasteiger partial charge in [-0.2, -0.15) is 0 Å². The summed E-state index contributed by atoms with van der Waals surface area (Å²) >= 11 is 12.8. The monoisotopic (exact) mass is 437 g/mol. The molecule has 1 heterocycles. The number of imide groups is 1. The van der Waals surface area contributed by atoms with E-state index in [2.05, 4.69) is 0 Å². The molecule has 6 nitrogen and oxygen atoms in total. The molecule has 0 spiro atoms. The van der Waals surface area contributed by atoms with Gasteiger partial charge in [0.15, 0.2) is 6.61 Å². The minimum absolute atomic E-state index is 0.0555. The molecule has 0 saturated carbocycles. The van der Waals surface area contributed by atoms with Crippen LogP contribution in [0.2, 0.25) is 10.0 Å². The van der Waals surface area contributed by atoms with Gasteiger partial charge >= 0.3 is 5.97 Å². The summed E-state index contributed by atoms with van der Waals surface area (Å²) in [6, 6.07) is 11.4. The van der Waals surface area contributed by atoms with Crippen molar-refractivity contribution in [2.24, 2.45) is 0 Å². The van der Waals surface area contributed by atoms with Crippen molar-refractivity contribution in [1.82, 2.24) is 4.90 Å². The zero-order valence-electron chi connectivity index (χ0n) is 14.2. The summed E-state index contributed by atoms with van der Waals surface area (Å²) in [5, 5.41) is 9.08. The summed E-state index contributed by atoms with van der Waals surface area (Å²) in [5.41, 5.74) is 1.30. The molecule has 2 aromatic rings. The Kier molecular flexibility index (Phi) is 6.28. The van der Waals surface area contributed by atoms with Gasteiger partial charge in [-0.15, -0.1) is 0 Å². The van der Waals surface area contributed by atoms with Gasteiger partial charge in [-0.1, -0.05) is 41.4 Å². The van der Waals surface area contributed by atoms with Crippen molar-refractivity contribution in [3.8, 4) is 5.75 Å². The number of thioether (sulfide) groups is 1. The Morgan fingerprint density at radius 3 is 2.50 bits per heavy atom. The van der Waals surface area contributed by atoms with E-state index >= 15 is 0 Å². The predicted molar refractivity (Wildman–Crippen MR) is 108 cm³/mol. The van der Waals surface area contributed by atoms with Crippen molar-refractivity contribution in [2.45, 2.75) is 6.54 Å². The largest absolute Gasteiger partial charge is 0.482 e. The maximum Gasteiger partial charge on any atom is 0.341 e. The van der Waals surface area contributed by atoms with E-state index < -0.39 is 18.5 Å². The van der Waals surface area contributed by atoms with Crippen LogP contribution in [0.4, 0.5) is 4.79 Å². The van der Waals surface area contributed by atoms with Crippen LogP contribution in [0.1, 0.15) is 11.1 Å². The van der Waals surface area contributed by atoms with Gasteiger partial charge in [-0.05, 0) is 53.2 Å². The topological polar surface area (TPSA) is 83.9 Å². The van der Waals surface area contributed by atoms with Crippen molar-refractivity contribution in [3.05, 3.63) is 68.5 Å². The molecule has 0 radical (unpaired) electrons. The first-order valence-electron chi connectivity index (χ1n) is 7.97. The first kappa shape index (κ1) is 20.3. The number of carbonyl (C=O) groups is 3. The van der Waals surface area contributed by atoms with E-state index in [1.165, 1.54) is 0 Å². The second kappa shape index (κ2) is 8.68. The fourth-order valence-electron chi connectivity index (χ4n) is 2.41. The first-order chi connectivity index (χ1) is 13.3. The van der Waals surface area contributed by atoms with Crippen LogP contribution in [-0.4, -0.2) is 33.7 Å². The molecule has 2 aromatic carbocycles. The molecule has 1 aliphatic rings. The van der Waals surface area contributed by atoms with E-state index in [9.17, 15) is 14.4 Å². The number of nitrogens with zero attached hydrogens (tertiary/aromatic N) is 1. The zero-order chi connectivity index (χ0) is 20.3. The Balaban J connectivity index is 1.72. The minimum Gasteiger partial charge on any atom is -0.482 e. The van der Waals surface area contributed by atoms with E-state index in [-0.39, 0.29) is 16.7 Å². The van der Waals surface area contributed by atoms with Gasteiger partial charge in [-0.3, -0.25) is 14.5 Å². The summed E-state index contributed by atoms with van der Waals surface area (Å²) in [5.74, 6) is -1.09. The molecule has 0 aromatic heterocycles. The minimum atomic E-state index is -1.07. The summed E-state index contributed by atoms with van der Waals surface area (Å²) in [7, 11) is 0. The number of carboxylic acid groups (broad SMARTS) is 1. The number of ether oxygens (including phenoxy) is 1. The van der Waals surface area contributed by atoms with E-state index in [0.717, 1.165) is 16.7 Å². The van der Waals surface area contributed by atoms with Crippen molar-refractivity contribution >= 4 is 58.2 Å². The first-order valence-corrected chi connectivity index (χ1v) is 9.54. The summed E-state index contributed by atoms with van der Waals surface area (Å²) in [6.45, 7) is -0.383. The number of rotatable bonds is 6. The van der Waals surface area contributed by atoms with Crippen molar-refractivity contribution in [1.29, 1.82) is 0 Å².